The zero-order valence-corrected chi connectivity index (χ0v) is 16.2. The van der Waals surface area contributed by atoms with Gasteiger partial charge in [-0.2, -0.15) is 0 Å². The SMILES string of the molecule is O=C1OC(c2ccccc2F)=N/C1=C\c1cccc(OC(=O)c2cccc([N+](=O)[O-])c2)c1. The lowest BCUT2D eigenvalue weighted by atomic mass is 10.1. The molecule has 0 bridgehead atoms. The van der Waals surface area contributed by atoms with Crippen molar-refractivity contribution in [1.82, 2.24) is 0 Å². The fourth-order valence-corrected chi connectivity index (χ4v) is 2.90. The number of ether oxygens (including phenoxy) is 2. The first kappa shape index (κ1) is 20.6. The largest absolute Gasteiger partial charge is 0.423 e. The molecule has 0 aliphatic carbocycles. The van der Waals surface area contributed by atoms with Crippen LogP contribution >= 0.6 is 0 Å². The molecule has 0 saturated carbocycles. The predicted molar refractivity (Wildman–Crippen MR) is 112 cm³/mol. The van der Waals surface area contributed by atoms with Gasteiger partial charge in [-0.3, -0.25) is 10.1 Å². The summed E-state index contributed by atoms with van der Waals surface area (Å²) >= 11 is 0. The second-order valence-electron chi connectivity index (χ2n) is 6.59. The van der Waals surface area contributed by atoms with E-state index < -0.39 is 22.7 Å². The lowest BCUT2D eigenvalue weighted by Gasteiger charge is -2.05. The molecule has 3 aromatic rings. The van der Waals surface area contributed by atoms with Crippen molar-refractivity contribution in [2.24, 2.45) is 4.99 Å². The van der Waals surface area contributed by atoms with E-state index >= 15 is 0 Å². The minimum Gasteiger partial charge on any atom is -0.423 e. The van der Waals surface area contributed by atoms with Crippen molar-refractivity contribution in [2.75, 3.05) is 0 Å². The van der Waals surface area contributed by atoms with Crippen LogP contribution in [-0.2, 0) is 9.53 Å². The van der Waals surface area contributed by atoms with E-state index in [1.165, 1.54) is 54.6 Å². The first-order valence-electron chi connectivity index (χ1n) is 9.25. The van der Waals surface area contributed by atoms with Gasteiger partial charge in [0.25, 0.3) is 5.69 Å². The third-order valence-corrected chi connectivity index (χ3v) is 4.39. The summed E-state index contributed by atoms with van der Waals surface area (Å²) in [6.07, 6.45) is 1.40. The van der Waals surface area contributed by atoms with E-state index in [0.29, 0.717) is 5.56 Å². The molecular formula is C23H13FN2O6. The maximum absolute atomic E-state index is 13.9. The van der Waals surface area contributed by atoms with Crippen molar-refractivity contribution in [3.05, 3.63) is 111 Å². The Morgan fingerprint density at radius 3 is 2.62 bits per heavy atom. The maximum Gasteiger partial charge on any atom is 0.363 e. The van der Waals surface area contributed by atoms with Gasteiger partial charge in [0, 0.05) is 12.1 Å². The van der Waals surface area contributed by atoms with E-state index in [-0.39, 0.29) is 34.2 Å². The van der Waals surface area contributed by atoms with Crippen LogP contribution in [0.2, 0.25) is 0 Å². The Morgan fingerprint density at radius 2 is 1.84 bits per heavy atom. The summed E-state index contributed by atoms with van der Waals surface area (Å²) in [5.41, 5.74) is 0.261. The molecule has 3 aromatic carbocycles. The van der Waals surface area contributed by atoms with Gasteiger partial charge in [0.15, 0.2) is 5.70 Å². The van der Waals surface area contributed by atoms with Gasteiger partial charge in [-0.1, -0.05) is 30.3 Å². The summed E-state index contributed by atoms with van der Waals surface area (Å²) in [6, 6.07) is 17.1. The molecular weight excluding hydrogens is 419 g/mol. The second kappa shape index (κ2) is 8.60. The number of non-ortho nitro benzene ring substituents is 1. The first-order valence-corrected chi connectivity index (χ1v) is 9.25. The van der Waals surface area contributed by atoms with Crippen LogP contribution in [-0.4, -0.2) is 22.8 Å². The normalized spacial score (nSPS) is 14.1. The highest BCUT2D eigenvalue weighted by Crippen LogP contribution is 2.23. The standard InChI is InChI=1S/C23H13FN2O6/c24-19-10-2-1-9-18(19)21-25-20(23(28)32-21)12-14-5-3-8-17(11-14)31-22(27)15-6-4-7-16(13-15)26(29)30/h1-13H/b20-12-. The number of nitro groups is 1. The van der Waals surface area contributed by atoms with Crippen LogP contribution in [0.15, 0.2) is 83.5 Å². The molecule has 158 valence electrons. The van der Waals surface area contributed by atoms with E-state index in [2.05, 4.69) is 4.99 Å². The zero-order chi connectivity index (χ0) is 22.7. The highest BCUT2D eigenvalue weighted by molar-refractivity contribution is 6.13. The van der Waals surface area contributed by atoms with Crippen LogP contribution in [0.5, 0.6) is 5.75 Å². The Kier molecular flexibility index (Phi) is 5.54. The summed E-state index contributed by atoms with van der Waals surface area (Å²) in [7, 11) is 0. The summed E-state index contributed by atoms with van der Waals surface area (Å²) in [5.74, 6) is -2.09. The minimum atomic E-state index is -0.779. The van der Waals surface area contributed by atoms with Crippen molar-refractivity contribution in [1.29, 1.82) is 0 Å². The average molecular weight is 432 g/mol. The number of cyclic esters (lactones) is 1. The third-order valence-electron chi connectivity index (χ3n) is 4.39. The fraction of sp³-hybridized carbons (Fsp3) is 0. The number of halogens is 1. The summed E-state index contributed by atoms with van der Waals surface area (Å²) in [6.45, 7) is 0. The maximum atomic E-state index is 13.9. The molecule has 1 aliphatic heterocycles. The topological polar surface area (TPSA) is 108 Å². The minimum absolute atomic E-state index is 0.0152. The summed E-state index contributed by atoms with van der Waals surface area (Å²) in [4.78, 5) is 38.8. The van der Waals surface area contributed by atoms with Gasteiger partial charge < -0.3 is 9.47 Å². The van der Waals surface area contributed by atoms with Gasteiger partial charge in [0.05, 0.1) is 16.1 Å². The Bertz CT molecular complexity index is 1320. The van der Waals surface area contributed by atoms with Crippen molar-refractivity contribution < 1.29 is 28.4 Å². The molecule has 4 rings (SSSR count). The van der Waals surface area contributed by atoms with E-state index in [1.807, 2.05) is 0 Å². The van der Waals surface area contributed by atoms with Crippen LogP contribution < -0.4 is 4.74 Å². The average Bonchev–Trinajstić information content (AvgIpc) is 3.14. The molecule has 0 unspecified atom stereocenters. The summed E-state index contributed by atoms with van der Waals surface area (Å²) in [5, 5.41) is 10.9. The fourth-order valence-electron chi connectivity index (χ4n) is 2.90. The lowest BCUT2D eigenvalue weighted by molar-refractivity contribution is -0.384. The van der Waals surface area contributed by atoms with E-state index in [0.717, 1.165) is 6.07 Å². The molecule has 0 radical (unpaired) electrons. The number of nitro benzene ring substituents is 1. The number of hydrogen-bond donors (Lipinski definition) is 0. The Hall–Kier alpha value is -4.66. The number of esters is 2. The molecule has 0 atom stereocenters. The molecule has 8 nitrogen and oxygen atoms in total. The number of carbonyl (C=O) groups is 2. The third kappa shape index (κ3) is 4.41. The van der Waals surface area contributed by atoms with Gasteiger partial charge in [-0.25, -0.2) is 19.0 Å². The first-order chi connectivity index (χ1) is 15.4. The Balaban J connectivity index is 1.55. The van der Waals surface area contributed by atoms with E-state index in [9.17, 15) is 24.1 Å². The quantitative estimate of drug-likeness (QED) is 0.196. The predicted octanol–water partition coefficient (Wildman–Crippen LogP) is 4.30. The highest BCUT2D eigenvalue weighted by Gasteiger charge is 2.26. The van der Waals surface area contributed by atoms with Crippen LogP contribution in [0.1, 0.15) is 21.5 Å². The molecule has 0 saturated heterocycles. The van der Waals surface area contributed by atoms with Crippen LogP contribution in [0.25, 0.3) is 6.08 Å². The van der Waals surface area contributed by atoms with Crippen molar-refractivity contribution in [3.8, 4) is 5.75 Å². The van der Waals surface area contributed by atoms with Crippen LogP contribution in [0.3, 0.4) is 0 Å². The van der Waals surface area contributed by atoms with E-state index in [4.69, 9.17) is 9.47 Å². The number of benzene rings is 3. The van der Waals surface area contributed by atoms with Crippen molar-refractivity contribution in [3.63, 3.8) is 0 Å². The zero-order valence-electron chi connectivity index (χ0n) is 16.2. The second-order valence-corrected chi connectivity index (χ2v) is 6.59. The molecule has 1 aliphatic rings. The van der Waals surface area contributed by atoms with Gasteiger partial charge in [0.1, 0.15) is 11.6 Å². The lowest BCUT2D eigenvalue weighted by Crippen LogP contribution is -2.09. The Labute approximate surface area is 180 Å². The molecule has 0 fully saturated rings. The van der Waals surface area contributed by atoms with Crippen molar-refractivity contribution in [2.45, 2.75) is 0 Å². The molecule has 32 heavy (non-hydrogen) atoms. The number of carbonyl (C=O) groups excluding carboxylic acids is 2. The van der Waals surface area contributed by atoms with Crippen molar-refractivity contribution >= 4 is 29.6 Å². The van der Waals surface area contributed by atoms with Gasteiger partial charge in [-0.05, 0) is 42.0 Å². The molecule has 0 spiro atoms. The van der Waals surface area contributed by atoms with Gasteiger partial charge in [-0.15, -0.1) is 0 Å². The molecule has 0 N–H and O–H groups in total. The van der Waals surface area contributed by atoms with Gasteiger partial charge in [0.2, 0.25) is 5.90 Å². The Morgan fingerprint density at radius 1 is 1.06 bits per heavy atom. The highest BCUT2D eigenvalue weighted by atomic mass is 19.1. The molecule has 1 heterocycles. The molecule has 0 aromatic heterocycles. The number of rotatable bonds is 5. The number of nitrogens with zero attached hydrogens (tertiary/aromatic N) is 2. The molecule has 0 amide bonds. The van der Waals surface area contributed by atoms with Crippen LogP contribution in [0.4, 0.5) is 10.1 Å². The number of aliphatic imine (C=N–C) groups is 1. The number of hydrogen-bond acceptors (Lipinski definition) is 7. The van der Waals surface area contributed by atoms with Gasteiger partial charge >= 0.3 is 11.9 Å². The monoisotopic (exact) mass is 432 g/mol. The van der Waals surface area contributed by atoms with Crippen LogP contribution in [0, 0.1) is 15.9 Å². The summed E-state index contributed by atoms with van der Waals surface area (Å²) < 4.78 is 24.3. The smallest absolute Gasteiger partial charge is 0.363 e. The molecule has 9 heteroatoms. The van der Waals surface area contributed by atoms with E-state index in [1.54, 1.807) is 18.2 Å².